The zero-order valence-corrected chi connectivity index (χ0v) is 19.7. The van der Waals surface area contributed by atoms with Gasteiger partial charge in [-0.25, -0.2) is 14.4 Å². The number of benzene rings is 3. The number of esters is 4. The van der Waals surface area contributed by atoms with Crippen LogP contribution in [0.15, 0.2) is 103 Å². The summed E-state index contributed by atoms with van der Waals surface area (Å²) in [6, 6.07) is 24.4. The summed E-state index contributed by atoms with van der Waals surface area (Å²) in [4.78, 5) is 49.9. The van der Waals surface area contributed by atoms with Crippen LogP contribution in [0.1, 0.15) is 38.0 Å². The molecule has 0 N–H and O–H groups in total. The van der Waals surface area contributed by atoms with Crippen LogP contribution in [0.5, 0.6) is 0 Å². The molecule has 0 bridgehead atoms. The molecule has 4 rings (SSSR count). The Bertz CT molecular complexity index is 1300. The molecule has 0 aromatic heterocycles. The smallest absolute Gasteiger partial charge is 0.343 e. The molecule has 1 aliphatic heterocycles. The standard InChI is InChI=1S/C28H22O9/c1-18(29)34-28-24(37-27(32)21-15-9-4-10-16-21)23(36-26(31)20-13-7-3-8-14-20)22(35-28)17-33-25(30)19-11-5-2-6-12-19/h2-16,22-23H,17H2,1H3. The Labute approximate surface area is 212 Å². The SMILES string of the molecule is CC(=O)OC1=C(OC(=O)c2ccccc2)C(OC(=O)c2ccccc2)C(COC(=O)c2ccccc2)O1. The Morgan fingerprint density at radius 3 is 1.68 bits per heavy atom. The molecule has 0 saturated heterocycles. The van der Waals surface area contributed by atoms with Crippen LogP contribution in [-0.4, -0.2) is 42.7 Å². The molecule has 0 spiro atoms. The Morgan fingerprint density at radius 1 is 0.676 bits per heavy atom. The van der Waals surface area contributed by atoms with Gasteiger partial charge in [0.1, 0.15) is 6.61 Å². The Balaban J connectivity index is 1.61. The lowest BCUT2D eigenvalue weighted by Crippen LogP contribution is -2.35. The second-order valence-electron chi connectivity index (χ2n) is 7.81. The third-order valence-corrected chi connectivity index (χ3v) is 5.14. The van der Waals surface area contributed by atoms with Crippen molar-refractivity contribution in [3.8, 4) is 0 Å². The van der Waals surface area contributed by atoms with Crippen molar-refractivity contribution < 1.29 is 42.9 Å². The average molecular weight is 502 g/mol. The van der Waals surface area contributed by atoms with Crippen LogP contribution in [0.4, 0.5) is 0 Å². The monoisotopic (exact) mass is 502 g/mol. The van der Waals surface area contributed by atoms with Crippen molar-refractivity contribution in [3.05, 3.63) is 119 Å². The Hall–Kier alpha value is -4.92. The number of rotatable bonds is 8. The third-order valence-electron chi connectivity index (χ3n) is 5.14. The zero-order valence-electron chi connectivity index (χ0n) is 19.7. The van der Waals surface area contributed by atoms with Crippen LogP contribution >= 0.6 is 0 Å². The first-order valence-electron chi connectivity index (χ1n) is 11.3. The van der Waals surface area contributed by atoms with E-state index in [-0.39, 0.29) is 16.9 Å². The molecule has 0 amide bonds. The van der Waals surface area contributed by atoms with Gasteiger partial charge in [-0.2, -0.15) is 0 Å². The molecule has 1 heterocycles. The van der Waals surface area contributed by atoms with Crippen LogP contribution in [-0.2, 0) is 28.5 Å². The van der Waals surface area contributed by atoms with Crippen molar-refractivity contribution in [3.63, 3.8) is 0 Å². The molecule has 3 aromatic carbocycles. The molecule has 1 aliphatic rings. The van der Waals surface area contributed by atoms with Crippen LogP contribution in [0, 0.1) is 0 Å². The quantitative estimate of drug-likeness (QED) is 0.332. The molecule has 9 nitrogen and oxygen atoms in total. The number of carbonyl (C=O) groups is 4. The van der Waals surface area contributed by atoms with E-state index in [4.69, 9.17) is 23.7 Å². The fourth-order valence-corrected chi connectivity index (χ4v) is 3.40. The van der Waals surface area contributed by atoms with Gasteiger partial charge >= 0.3 is 29.8 Å². The lowest BCUT2D eigenvalue weighted by molar-refractivity contribution is -0.144. The first-order chi connectivity index (χ1) is 17.9. The summed E-state index contributed by atoms with van der Waals surface area (Å²) >= 11 is 0. The van der Waals surface area contributed by atoms with E-state index in [9.17, 15) is 19.2 Å². The molecule has 9 heteroatoms. The highest BCUT2D eigenvalue weighted by Crippen LogP contribution is 2.32. The molecular formula is C28H22O9. The lowest BCUT2D eigenvalue weighted by atomic mass is 10.1. The summed E-state index contributed by atoms with van der Waals surface area (Å²) in [7, 11) is 0. The average Bonchev–Trinajstić information content (AvgIpc) is 3.23. The maximum Gasteiger partial charge on any atom is 0.343 e. The van der Waals surface area contributed by atoms with Gasteiger partial charge in [0, 0.05) is 6.92 Å². The van der Waals surface area contributed by atoms with Gasteiger partial charge in [-0.3, -0.25) is 4.79 Å². The molecule has 2 atom stereocenters. The largest absolute Gasteiger partial charge is 0.458 e. The van der Waals surface area contributed by atoms with Crippen LogP contribution in [0.3, 0.4) is 0 Å². The predicted octanol–water partition coefficient (Wildman–Crippen LogP) is 4.06. The molecule has 2 unspecified atom stereocenters. The van der Waals surface area contributed by atoms with Gasteiger partial charge in [0.15, 0.2) is 6.10 Å². The summed E-state index contributed by atoms with van der Waals surface area (Å²) in [5, 5.41) is 0. The molecule has 0 radical (unpaired) electrons. The molecular weight excluding hydrogens is 480 g/mol. The topological polar surface area (TPSA) is 114 Å². The van der Waals surface area contributed by atoms with Crippen LogP contribution in [0.2, 0.25) is 0 Å². The summed E-state index contributed by atoms with van der Waals surface area (Å²) in [6.45, 7) is 0.721. The normalized spacial score (nSPS) is 16.4. The van der Waals surface area contributed by atoms with E-state index in [0.29, 0.717) is 5.56 Å². The minimum atomic E-state index is -1.38. The highest BCUT2D eigenvalue weighted by Gasteiger charge is 2.45. The van der Waals surface area contributed by atoms with E-state index in [1.807, 2.05) is 0 Å². The van der Waals surface area contributed by atoms with Crippen molar-refractivity contribution in [2.45, 2.75) is 19.1 Å². The van der Waals surface area contributed by atoms with Gasteiger partial charge < -0.3 is 23.7 Å². The van der Waals surface area contributed by atoms with Gasteiger partial charge in [-0.15, -0.1) is 0 Å². The maximum absolute atomic E-state index is 12.9. The van der Waals surface area contributed by atoms with Crippen molar-refractivity contribution in [1.82, 2.24) is 0 Å². The maximum atomic E-state index is 12.9. The van der Waals surface area contributed by atoms with Gasteiger partial charge in [-0.05, 0) is 36.4 Å². The highest BCUT2D eigenvalue weighted by molar-refractivity contribution is 5.91. The number of hydrogen-bond acceptors (Lipinski definition) is 9. The minimum Gasteiger partial charge on any atom is -0.458 e. The number of ether oxygens (including phenoxy) is 5. The van der Waals surface area contributed by atoms with E-state index in [0.717, 1.165) is 6.92 Å². The van der Waals surface area contributed by atoms with Crippen LogP contribution < -0.4 is 0 Å². The van der Waals surface area contributed by atoms with Crippen molar-refractivity contribution in [1.29, 1.82) is 0 Å². The van der Waals surface area contributed by atoms with E-state index < -0.39 is 48.6 Å². The predicted molar refractivity (Wildman–Crippen MR) is 128 cm³/mol. The fraction of sp³-hybridized carbons (Fsp3) is 0.143. The van der Waals surface area contributed by atoms with Crippen molar-refractivity contribution in [2.24, 2.45) is 0 Å². The summed E-state index contributed by atoms with van der Waals surface area (Å²) in [5.41, 5.74) is 0.712. The highest BCUT2D eigenvalue weighted by atomic mass is 16.7. The number of hydrogen-bond donors (Lipinski definition) is 0. The zero-order chi connectivity index (χ0) is 26.2. The molecule has 0 fully saturated rings. The first-order valence-corrected chi connectivity index (χ1v) is 11.3. The number of carbonyl (C=O) groups excluding carboxylic acids is 4. The second kappa shape index (κ2) is 11.7. The summed E-state index contributed by atoms with van der Waals surface area (Å²) < 4.78 is 27.3. The van der Waals surface area contributed by atoms with Gasteiger partial charge in [-0.1, -0.05) is 54.6 Å². The second-order valence-corrected chi connectivity index (χ2v) is 7.81. The van der Waals surface area contributed by atoms with Crippen LogP contribution in [0.25, 0.3) is 0 Å². The first kappa shape index (κ1) is 25.2. The molecule has 3 aromatic rings. The minimum absolute atomic E-state index is 0.198. The Kier molecular flexibility index (Phi) is 7.95. The van der Waals surface area contributed by atoms with E-state index in [1.54, 1.807) is 66.7 Å². The van der Waals surface area contributed by atoms with Gasteiger partial charge in [0.2, 0.25) is 11.9 Å². The van der Waals surface area contributed by atoms with Gasteiger partial charge in [0.05, 0.1) is 16.7 Å². The van der Waals surface area contributed by atoms with Crippen molar-refractivity contribution in [2.75, 3.05) is 6.61 Å². The fourth-order valence-electron chi connectivity index (χ4n) is 3.40. The van der Waals surface area contributed by atoms with E-state index >= 15 is 0 Å². The Morgan fingerprint density at radius 2 is 1.16 bits per heavy atom. The third kappa shape index (κ3) is 6.40. The molecule has 0 aliphatic carbocycles. The molecule has 188 valence electrons. The molecule has 0 saturated carbocycles. The summed E-state index contributed by atoms with van der Waals surface area (Å²) in [6.07, 6.45) is -2.55. The van der Waals surface area contributed by atoms with E-state index in [1.165, 1.54) is 24.3 Å². The summed E-state index contributed by atoms with van der Waals surface area (Å²) in [5.74, 6) is -3.78. The van der Waals surface area contributed by atoms with Crippen molar-refractivity contribution >= 4 is 23.9 Å². The lowest BCUT2D eigenvalue weighted by Gasteiger charge is -2.20. The van der Waals surface area contributed by atoms with E-state index in [2.05, 4.69) is 0 Å². The molecule has 37 heavy (non-hydrogen) atoms. The van der Waals surface area contributed by atoms with Gasteiger partial charge in [0.25, 0.3) is 0 Å².